The molecule has 1 aliphatic rings. The van der Waals surface area contributed by atoms with Crippen molar-refractivity contribution in [2.45, 2.75) is 32.4 Å². The van der Waals surface area contributed by atoms with Crippen LogP contribution in [-0.4, -0.2) is 29.0 Å². The minimum atomic E-state index is 0.396. The van der Waals surface area contributed by atoms with Gasteiger partial charge in [-0.2, -0.15) is 5.10 Å². The molecule has 90 valence electrons. The molecule has 1 unspecified atom stereocenters. The largest absolute Gasteiger partial charge is 0.377 e. The zero-order chi connectivity index (χ0) is 11.5. The third-order valence-corrected chi connectivity index (χ3v) is 3.98. The van der Waals surface area contributed by atoms with Crippen LogP contribution in [0, 0.1) is 6.92 Å². The summed E-state index contributed by atoms with van der Waals surface area (Å²) in [6, 6.07) is 0. The van der Waals surface area contributed by atoms with E-state index in [0.29, 0.717) is 6.10 Å². The number of hydrogen-bond acceptors (Lipinski definition) is 3. The van der Waals surface area contributed by atoms with Gasteiger partial charge in [0.15, 0.2) is 0 Å². The Morgan fingerprint density at radius 1 is 1.62 bits per heavy atom. The molecule has 0 spiro atoms. The Balaban J connectivity index is 1.84. The van der Waals surface area contributed by atoms with Gasteiger partial charge in [-0.1, -0.05) is 0 Å². The summed E-state index contributed by atoms with van der Waals surface area (Å²) in [5.74, 6) is 0. The first-order valence-corrected chi connectivity index (χ1v) is 6.48. The van der Waals surface area contributed by atoms with Gasteiger partial charge in [-0.05, 0) is 35.7 Å². The summed E-state index contributed by atoms with van der Waals surface area (Å²) in [7, 11) is 1.97. The Hall–Kier alpha value is -0.390. The lowest BCUT2D eigenvalue weighted by molar-refractivity contribution is 0.110. The fourth-order valence-electron chi connectivity index (χ4n) is 2.03. The molecular formula is C11H18BrN3O. The molecule has 0 aliphatic carbocycles. The van der Waals surface area contributed by atoms with Crippen LogP contribution in [0.1, 0.15) is 24.2 Å². The van der Waals surface area contributed by atoms with Crippen LogP contribution in [0.4, 0.5) is 0 Å². The van der Waals surface area contributed by atoms with Crippen LogP contribution in [0.3, 0.4) is 0 Å². The summed E-state index contributed by atoms with van der Waals surface area (Å²) >= 11 is 3.56. The maximum atomic E-state index is 5.56. The number of ether oxygens (including phenoxy) is 1. The molecule has 2 heterocycles. The monoisotopic (exact) mass is 287 g/mol. The normalized spacial score (nSPS) is 20.6. The lowest BCUT2D eigenvalue weighted by Crippen LogP contribution is -2.26. The molecular weight excluding hydrogens is 270 g/mol. The summed E-state index contributed by atoms with van der Waals surface area (Å²) in [5.41, 5.74) is 2.23. The van der Waals surface area contributed by atoms with E-state index in [1.807, 2.05) is 18.7 Å². The summed E-state index contributed by atoms with van der Waals surface area (Å²) in [5, 5.41) is 7.78. The van der Waals surface area contributed by atoms with Gasteiger partial charge in [0.1, 0.15) is 0 Å². The van der Waals surface area contributed by atoms with Crippen molar-refractivity contribution in [1.82, 2.24) is 15.1 Å². The van der Waals surface area contributed by atoms with Gasteiger partial charge in [-0.25, -0.2) is 0 Å². The first kappa shape index (κ1) is 12.1. The van der Waals surface area contributed by atoms with Crippen LogP contribution >= 0.6 is 15.9 Å². The highest BCUT2D eigenvalue weighted by molar-refractivity contribution is 9.10. The summed E-state index contributed by atoms with van der Waals surface area (Å²) in [6.07, 6.45) is 2.77. The highest BCUT2D eigenvalue weighted by Gasteiger charge is 2.15. The SMILES string of the molecule is Cc1nn(C)c(CNCC2CCCO2)c1Br. The van der Waals surface area contributed by atoms with E-state index in [1.165, 1.54) is 18.5 Å². The molecule has 0 saturated carbocycles. The molecule has 4 nitrogen and oxygen atoms in total. The number of aryl methyl sites for hydroxylation is 2. The van der Waals surface area contributed by atoms with Crippen molar-refractivity contribution in [3.05, 3.63) is 15.9 Å². The van der Waals surface area contributed by atoms with E-state index >= 15 is 0 Å². The summed E-state index contributed by atoms with van der Waals surface area (Å²) < 4.78 is 8.58. The highest BCUT2D eigenvalue weighted by atomic mass is 79.9. The molecule has 2 rings (SSSR count). The lowest BCUT2D eigenvalue weighted by Gasteiger charge is -2.11. The third kappa shape index (κ3) is 2.64. The van der Waals surface area contributed by atoms with E-state index in [9.17, 15) is 0 Å². The van der Waals surface area contributed by atoms with Crippen LogP contribution in [0.2, 0.25) is 0 Å². The van der Waals surface area contributed by atoms with Gasteiger partial charge in [0.25, 0.3) is 0 Å². The van der Waals surface area contributed by atoms with Crippen LogP contribution < -0.4 is 5.32 Å². The van der Waals surface area contributed by atoms with Crippen molar-refractivity contribution in [1.29, 1.82) is 0 Å². The predicted octanol–water partition coefficient (Wildman–Crippen LogP) is 1.76. The van der Waals surface area contributed by atoms with E-state index in [2.05, 4.69) is 26.3 Å². The van der Waals surface area contributed by atoms with E-state index in [0.717, 1.165) is 29.9 Å². The van der Waals surface area contributed by atoms with Gasteiger partial charge in [0.05, 0.1) is 22.0 Å². The Morgan fingerprint density at radius 2 is 2.44 bits per heavy atom. The van der Waals surface area contributed by atoms with Gasteiger partial charge in [-0.15, -0.1) is 0 Å². The number of nitrogens with one attached hydrogen (secondary N) is 1. The molecule has 1 N–H and O–H groups in total. The second kappa shape index (κ2) is 5.29. The fraction of sp³-hybridized carbons (Fsp3) is 0.727. The number of nitrogens with zero attached hydrogens (tertiary/aromatic N) is 2. The maximum Gasteiger partial charge on any atom is 0.0739 e. The first-order valence-electron chi connectivity index (χ1n) is 5.68. The summed E-state index contributed by atoms with van der Waals surface area (Å²) in [4.78, 5) is 0. The topological polar surface area (TPSA) is 39.1 Å². The van der Waals surface area contributed by atoms with Crippen molar-refractivity contribution in [2.75, 3.05) is 13.2 Å². The molecule has 0 bridgehead atoms. The molecule has 0 aromatic carbocycles. The maximum absolute atomic E-state index is 5.56. The Bertz CT molecular complexity index is 358. The van der Waals surface area contributed by atoms with Gasteiger partial charge in [-0.3, -0.25) is 4.68 Å². The second-order valence-corrected chi connectivity index (χ2v) is 5.03. The van der Waals surface area contributed by atoms with Gasteiger partial charge in [0.2, 0.25) is 0 Å². The van der Waals surface area contributed by atoms with Crippen LogP contribution in [0.25, 0.3) is 0 Å². The minimum absolute atomic E-state index is 0.396. The van der Waals surface area contributed by atoms with Crippen molar-refractivity contribution < 1.29 is 4.74 Å². The standard InChI is InChI=1S/C11H18BrN3O/c1-8-11(12)10(15(2)14-8)7-13-6-9-4-3-5-16-9/h9,13H,3-7H2,1-2H3. The van der Waals surface area contributed by atoms with Crippen LogP contribution in [-0.2, 0) is 18.3 Å². The van der Waals surface area contributed by atoms with E-state index in [-0.39, 0.29) is 0 Å². The molecule has 1 aromatic heterocycles. The predicted molar refractivity (Wildman–Crippen MR) is 66.3 cm³/mol. The van der Waals surface area contributed by atoms with Gasteiger partial charge in [0, 0.05) is 26.7 Å². The molecule has 1 aliphatic heterocycles. The molecule has 0 amide bonds. The van der Waals surface area contributed by atoms with Crippen molar-refractivity contribution in [3.8, 4) is 0 Å². The smallest absolute Gasteiger partial charge is 0.0739 e. The molecule has 1 fully saturated rings. The molecule has 5 heteroatoms. The number of hydrogen-bond donors (Lipinski definition) is 1. The van der Waals surface area contributed by atoms with E-state index in [4.69, 9.17) is 4.74 Å². The number of halogens is 1. The second-order valence-electron chi connectivity index (χ2n) is 4.24. The average Bonchev–Trinajstić information content (AvgIpc) is 2.82. The van der Waals surface area contributed by atoms with Gasteiger partial charge < -0.3 is 10.1 Å². The zero-order valence-electron chi connectivity index (χ0n) is 9.79. The molecule has 0 radical (unpaired) electrons. The lowest BCUT2D eigenvalue weighted by atomic mass is 10.2. The Morgan fingerprint density at radius 3 is 3.00 bits per heavy atom. The number of aromatic nitrogens is 2. The molecule has 16 heavy (non-hydrogen) atoms. The molecule has 1 saturated heterocycles. The summed E-state index contributed by atoms with van der Waals surface area (Å²) in [6.45, 7) is 4.68. The third-order valence-electron chi connectivity index (χ3n) is 2.95. The van der Waals surface area contributed by atoms with E-state index in [1.54, 1.807) is 0 Å². The van der Waals surface area contributed by atoms with Crippen molar-refractivity contribution in [2.24, 2.45) is 7.05 Å². The zero-order valence-corrected chi connectivity index (χ0v) is 11.4. The van der Waals surface area contributed by atoms with Crippen LogP contribution in [0.15, 0.2) is 4.47 Å². The van der Waals surface area contributed by atoms with Gasteiger partial charge >= 0.3 is 0 Å². The van der Waals surface area contributed by atoms with Crippen molar-refractivity contribution in [3.63, 3.8) is 0 Å². The van der Waals surface area contributed by atoms with Crippen molar-refractivity contribution >= 4 is 15.9 Å². The molecule has 1 aromatic rings. The number of rotatable bonds is 4. The Kier molecular flexibility index (Phi) is 4.00. The van der Waals surface area contributed by atoms with E-state index < -0.39 is 0 Å². The Labute approximate surface area is 104 Å². The first-order chi connectivity index (χ1) is 7.68. The minimum Gasteiger partial charge on any atom is -0.377 e. The fourth-order valence-corrected chi connectivity index (χ4v) is 2.51. The highest BCUT2D eigenvalue weighted by Crippen LogP contribution is 2.20. The average molecular weight is 288 g/mol. The quantitative estimate of drug-likeness (QED) is 0.917. The molecule has 1 atom stereocenters. The van der Waals surface area contributed by atoms with Crippen LogP contribution in [0.5, 0.6) is 0 Å².